The minimum atomic E-state index is -0.418. The molecule has 1 saturated carbocycles. The fraction of sp³-hybridized carbons (Fsp3) is 0.364. The number of hydrogen-bond donors (Lipinski definition) is 1. The van der Waals surface area contributed by atoms with Gasteiger partial charge in [-0.3, -0.25) is 9.59 Å². The molecule has 0 bridgehead atoms. The third-order valence-corrected chi connectivity index (χ3v) is 5.70. The maximum absolute atomic E-state index is 13.3. The zero-order valence-electron chi connectivity index (χ0n) is 15.7. The third-order valence-electron chi connectivity index (χ3n) is 5.70. The van der Waals surface area contributed by atoms with Gasteiger partial charge in [-0.15, -0.1) is 0 Å². The number of carbonyl (C=O) groups excluding carboxylic acids is 2. The SMILES string of the molecule is NCc1ccc([C@@H]2C[C@H]2C(=O)N2CCN(C(=O)c3cccc(F)c3)CC2)cc1. The van der Waals surface area contributed by atoms with E-state index in [-0.39, 0.29) is 23.7 Å². The maximum atomic E-state index is 13.3. The van der Waals surface area contributed by atoms with Crippen LogP contribution in [0.4, 0.5) is 4.39 Å². The molecule has 6 heteroatoms. The smallest absolute Gasteiger partial charge is 0.254 e. The lowest BCUT2D eigenvalue weighted by molar-refractivity contribution is -0.134. The summed E-state index contributed by atoms with van der Waals surface area (Å²) in [5.41, 5.74) is 8.26. The molecule has 0 aromatic heterocycles. The first-order chi connectivity index (χ1) is 13.6. The van der Waals surface area contributed by atoms with Gasteiger partial charge in [0, 0.05) is 44.2 Å². The van der Waals surface area contributed by atoms with E-state index in [0.717, 1.165) is 12.0 Å². The molecule has 28 heavy (non-hydrogen) atoms. The van der Waals surface area contributed by atoms with Gasteiger partial charge in [-0.2, -0.15) is 0 Å². The lowest BCUT2D eigenvalue weighted by atomic mass is 10.1. The van der Waals surface area contributed by atoms with Crippen LogP contribution in [0.5, 0.6) is 0 Å². The second kappa shape index (κ2) is 7.72. The van der Waals surface area contributed by atoms with Crippen molar-refractivity contribution in [3.05, 3.63) is 71.0 Å². The molecule has 2 aromatic rings. The van der Waals surface area contributed by atoms with Crippen molar-refractivity contribution in [3.8, 4) is 0 Å². The molecule has 2 aromatic carbocycles. The Kier molecular flexibility index (Phi) is 5.13. The van der Waals surface area contributed by atoms with Gasteiger partial charge in [0.1, 0.15) is 5.82 Å². The maximum Gasteiger partial charge on any atom is 0.254 e. The summed E-state index contributed by atoms with van der Waals surface area (Å²) in [6, 6.07) is 13.9. The molecule has 2 fully saturated rings. The van der Waals surface area contributed by atoms with Crippen molar-refractivity contribution in [2.24, 2.45) is 11.7 Å². The molecule has 2 atom stereocenters. The van der Waals surface area contributed by atoms with Crippen molar-refractivity contribution in [1.82, 2.24) is 9.80 Å². The number of hydrogen-bond acceptors (Lipinski definition) is 3. The average molecular weight is 381 g/mol. The summed E-state index contributed by atoms with van der Waals surface area (Å²) in [6.45, 7) is 2.52. The van der Waals surface area contributed by atoms with Crippen LogP contribution in [0.3, 0.4) is 0 Å². The molecule has 0 unspecified atom stereocenters. The fourth-order valence-corrected chi connectivity index (χ4v) is 3.91. The van der Waals surface area contributed by atoms with Gasteiger partial charge < -0.3 is 15.5 Å². The van der Waals surface area contributed by atoms with E-state index in [4.69, 9.17) is 5.73 Å². The molecule has 146 valence electrons. The van der Waals surface area contributed by atoms with Crippen LogP contribution < -0.4 is 5.73 Å². The molecule has 4 rings (SSSR count). The van der Waals surface area contributed by atoms with Gasteiger partial charge in [-0.1, -0.05) is 30.3 Å². The van der Waals surface area contributed by atoms with Crippen molar-refractivity contribution in [1.29, 1.82) is 0 Å². The van der Waals surface area contributed by atoms with Crippen molar-refractivity contribution in [2.45, 2.75) is 18.9 Å². The first-order valence-electron chi connectivity index (χ1n) is 9.69. The summed E-state index contributed by atoms with van der Waals surface area (Å²) in [6.07, 6.45) is 0.878. The largest absolute Gasteiger partial charge is 0.339 e. The van der Waals surface area contributed by atoms with E-state index < -0.39 is 5.82 Å². The number of nitrogens with two attached hydrogens (primary N) is 1. The Morgan fingerprint density at radius 3 is 2.32 bits per heavy atom. The van der Waals surface area contributed by atoms with Gasteiger partial charge >= 0.3 is 0 Å². The van der Waals surface area contributed by atoms with Crippen LogP contribution in [0.1, 0.15) is 33.8 Å². The zero-order valence-corrected chi connectivity index (χ0v) is 15.7. The predicted octanol–water partition coefficient (Wildman–Crippen LogP) is 2.37. The van der Waals surface area contributed by atoms with Gasteiger partial charge in [0.05, 0.1) is 0 Å². The highest BCUT2D eigenvalue weighted by atomic mass is 19.1. The molecule has 1 saturated heterocycles. The Labute approximate surface area is 163 Å². The molecule has 2 aliphatic rings. The second-order valence-electron chi connectivity index (χ2n) is 7.52. The Balaban J connectivity index is 1.31. The highest BCUT2D eigenvalue weighted by Crippen LogP contribution is 2.48. The summed E-state index contributed by atoms with van der Waals surface area (Å²) in [4.78, 5) is 28.9. The molecule has 2 N–H and O–H groups in total. The minimum absolute atomic E-state index is 0.0363. The summed E-state index contributed by atoms with van der Waals surface area (Å²) in [5, 5.41) is 0. The van der Waals surface area contributed by atoms with E-state index in [0.29, 0.717) is 38.3 Å². The highest BCUT2D eigenvalue weighted by Gasteiger charge is 2.46. The van der Waals surface area contributed by atoms with Gasteiger partial charge in [0.15, 0.2) is 0 Å². The first-order valence-corrected chi connectivity index (χ1v) is 9.69. The standard InChI is InChI=1S/C22H24FN3O2/c23-18-3-1-2-17(12-18)21(27)25-8-10-26(11-9-25)22(28)20-13-19(20)16-6-4-15(14-24)5-7-16/h1-7,12,19-20H,8-11,13-14,24H2/t19-,20+/m0/s1. The van der Waals surface area contributed by atoms with Crippen molar-refractivity contribution in [2.75, 3.05) is 26.2 Å². The van der Waals surface area contributed by atoms with E-state index >= 15 is 0 Å². The Bertz CT molecular complexity index is 876. The molecule has 0 spiro atoms. The molecule has 1 heterocycles. The molecular weight excluding hydrogens is 357 g/mol. The monoisotopic (exact) mass is 381 g/mol. The van der Waals surface area contributed by atoms with E-state index in [1.165, 1.54) is 23.8 Å². The summed E-state index contributed by atoms with van der Waals surface area (Å²) < 4.78 is 13.3. The summed E-state index contributed by atoms with van der Waals surface area (Å²) >= 11 is 0. The van der Waals surface area contributed by atoms with Gasteiger partial charge in [0.25, 0.3) is 5.91 Å². The Morgan fingerprint density at radius 1 is 1.00 bits per heavy atom. The van der Waals surface area contributed by atoms with Gasteiger partial charge in [0.2, 0.25) is 5.91 Å². The molecule has 2 amide bonds. The molecule has 1 aliphatic heterocycles. The van der Waals surface area contributed by atoms with Gasteiger partial charge in [-0.25, -0.2) is 4.39 Å². The van der Waals surface area contributed by atoms with E-state index in [1.54, 1.807) is 11.0 Å². The van der Waals surface area contributed by atoms with Crippen LogP contribution in [0.2, 0.25) is 0 Å². The van der Waals surface area contributed by atoms with Crippen LogP contribution in [-0.4, -0.2) is 47.8 Å². The zero-order chi connectivity index (χ0) is 19.7. The Morgan fingerprint density at radius 2 is 1.68 bits per heavy atom. The number of benzene rings is 2. The number of rotatable bonds is 4. The van der Waals surface area contributed by atoms with E-state index in [1.807, 2.05) is 17.0 Å². The second-order valence-corrected chi connectivity index (χ2v) is 7.52. The van der Waals surface area contributed by atoms with Crippen LogP contribution in [0.15, 0.2) is 48.5 Å². The topological polar surface area (TPSA) is 66.6 Å². The molecule has 1 aliphatic carbocycles. The van der Waals surface area contributed by atoms with Crippen LogP contribution >= 0.6 is 0 Å². The predicted molar refractivity (Wildman–Crippen MR) is 104 cm³/mol. The highest BCUT2D eigenvalue weighted by molar-refractivity contribution is 5.94. The fourth-order valence-electron chi connectivity index (χ4n) is 3.91. The first kappa shape index (κ1) is 18.6. The number of nitrogens with zero attached hydrogens (tertiary/aromatic N) is 2. The van der Waals surface area contributed by atoms with Crippen molar-refractivity contribution in [3.63, 3.8) is 0 Å². The number of piperazine rings is 1. The van der Waals surface area contributed by atoms with Crippen LogP contribution in [0, 0.1) is 11.7 Å². The summed E-state index contributed by atoms with van der Waals surface area (Å²) in [7, 11) is 0. The van der Waals surface area contributed by atoms with Crippen LogP contribution in [-0.2, 0) is 11.3 Å². The van der Waals surface area contributed by atoms with Crippen molar-refractivity contribution >= 4 is 11.8 Å². The molecular formula is C22H24FN3O2. The number of amides is 2. The lowest BCUT2D eigenvalue weighted by Crippen LogP contribution is -2.51. The molecule has 5 nitrogen and oxygen atoms in total. The average Bonchev–Trinajstić information content (AvgIpc) is 3.54. The van der Waals surface area contributed by atoms with E-state index in [9.17, 15) is 14.0 Å². The quantitative estimate of drug-likeness (QED) is 0.884. The molecule has 0 radical (unpaired) electrons. The number of carbonyl (C=O) groups is 2. The Hall–Kier alpha value is -2.73. The van der Waals surface area contributed by atoms with Crippen LogP contribution in [0.25, 0.3) is 0 Å². The van der Waals surface area contributed by atoms with Gasteiger partial charge in [-0.05, 0) is 41.7 Å². The minimum Gasteiger partial charge on any atom is -0.339 e. The normalized spacial score (nSPS) is 21.5. The summed E-state index contributed by atoms with van der Waals surface area (Å²) in [5.74, 6) is -0.110. The third kappa shape index (κ3) is 3.78. The van der Waals surface area contributed by atoms with Crippen molar-refractivity contribution < 1.29 is 14.0 Å². The lowest BCUT2D eigenvalue weighted by Gasteiger charge is -2.35. The van der Waals surface area contributed by atoms with E-state index in [2.05, 4.69) is 12.1 Å². The number of halogens is 1.